The van der Waals surface area contributed by atoms with E-state index in [1.54, 1.807) is 6.20 Å². The molecule has 1 aromatic heterocycles. The Hall–Kier alpha value is -2.32. The van der Waals surface area contributed by atoms with Crippen molar-refractivity contribution in [1.82, 2.24) is 9.88 Å². The number of aliphatic imine (C=N–C) groups is 1. The fourth-order valence-electron chi connectivity index (χ4n) is 4.42. The molecule has 9 heteroatoms. The highest BCUT2D eigenvalue weighted by Gasteiger charge is 2.45. The number of aromatic nitrogens is 1. The van der Waals surface area contributed by atoms with Crippen LogP contribution in [0.1, 0.15) is 49.0 Å². The predicted molar refractivity (Wildman–Crippen MR) is 109 cm³/mol. The Bertz CT molecular complexity index is 866. The number of aliphatic hydroxyl groups excluding tert-OH is 1. The maximum atomic E-state index is 12.7. The zero-order valence-corrected chi connectivity index (χ0v) is 16.4. The van der Waals surface area contributed by atoms with Gasteiger partial charge in [0.15, 0.2) is 0 Å². The minimum Gasteiger partial charge on any atom is -0.396 e. The lowest BCUT2D eigenvalue weighted by Gasteiger charge is -2.32. The van der Waals surface area contributed by atoms with Gasteiger partial charge in [0.05, 0.1) is 17.0 Å². The first-order chi connectivity index (χ1) is 13.4. The number of nitrogens with two attached hydrogens (primary N) is 2. The number of anilines is 1. The molecule has 2 aliphatic rings. The summed E-state index contributed by atoms with van der Waals surface area (Å²) < 4.78 is 1.35. The summed E-state index contributed by atoms with van der Waals surface area (Å²) >= 11 is 6.19. The third kappa shape index (κ3) is 3.79. The number of amides is 1. The first-order valence-corrected chi connectivity index (χ1v) is 9.84. The van der Waals surface area contributed by atoms with Crippen molar-refractivity contribution in [2.24, 2.45) is 22.6 Å². The predicted octanol–water partition coefficient (Wildman–Crippen LogP) is 1.56. The van der Waals surface area contributed by atoms with E-state index in [1.807, 2.05) is 0 Å². The van der Waals surface area contributed by atoms with Crippen LogP contribution < -0.4 is 22.3 Å². The Morgan fingerprint density at radius 3 is 2.89 bits per heavy atom. The Morgan fingerprint density at radius 2 is 2.18 bits per heavy atom. The first kappa shape index (κ1) is 20.4. The molecule has 0 saturated heterocycles. The van der Waals surface area contributed by atoms with Gasteiger partial charge in [0.1, 0.15) is 11.4 Å². The number of nitrogen functional groups attached to an aromatic ring is 1. The summed E-state index contributed by atoms with van der Waals surface area (Å²) in [5.74, 6) is 0.489. The van der Waals surface area contributed by atoms with Crippen LogP contribution in [0.4, 0.5) is 5.69 Å². The average molecular weight is 408 g/mol. The van der Waals surface area contributed by atoms with E-state index >= 15 is 0 Å². The first-order valence-electron chi connectivity index (χ1n) is 9.47. The van der Waals surface area contributed by atoms with Gasteiger partial charge in [-0.05, 0) is 50.0 Å². The molecule has 8 nitrogen and oxygen atoms in total. The molecule has 6 N–H and O–H groups in total. The highest BCUT2D eigenvalue weighted by atomic mass is 35.5. The molecule has 1 aliphatic carbocycles. The van der Waals surface area contributed by atoms with Gasteiger partial charge >= 0.3 is 0 Å². The van der Waals surface area contributed by atoms with Crippen LogP contribution in [-0.2, 0) is 5.66 Å². The van der Waals surface area contributed by atoms with Gasteiger partial charge in [-0.2, -0.15) is 0 Å². The van der Waals surface area contributed by atoms with Crippen molar-refractivity contribution >= 4 is 29.5 Å². The summed E-state index contributed by atoms with van der Waals surface area (Å²) in [4.78, 5) is 29.1. The smallest absolute Gasteiger partial charge is 0.276 e. The van der Waals surface area contributed by atoms with E-state index in [1.165, 1.54) is 17.0 Å². The summed E-state index contributed by atoms with van der Waals surface area (Å²) in [6.45, 7) is -0.175. The highest BCUT2D eigenvalue weighted by molar-refractivity contribution is 6.34. The number of halogens is 1. The number of pyridine rings is 1. The van der Waals surface area contributed by atoms with Crippen molar-refractivity contribution in [3.05, 3.63) is 39.4 Å². The standard InChI is InChI=1S/C19H26ClN5O3/c20-14-10-15(22)18(28)25-16(14)17(27)24-19(25,6-8-26)5-3-12-1-2-13(9-12)4-7-23-11-21/h4,7,10-13,26H,1-3,5-6,8-9,22H2,(H2,21,23)(H,24,27)/b7-4-. The summed E-state index contributed by atoms with van der Waals surface area (Å²) in [7, 11) is 0. The lowest BCUT2D eigenvalue weighted by atomic mass is 9.92. The summed E-state index contributed by atoms with van der Waals surface area (Å²) in [6.07, 6.45) is 9.72. The van der Waals surface area contributed by atoms with Gasteiger partial charge in [-0.15, -0.1) is 0 Å². The van der Waals surface area contributed by atoms with Gasteiger partial charge in [0.25, 0.3) is 11.5 Å². The maximum Gasteiger partial charge on any atom is 0.276 e. The van der Waals surface area contributed by atoms with Crippen molar-refractivity contribution in [3.8, 4) is 0 Å². The normalized spacial score (nSPS) is 27.0. The Kier molecular flexibility index (Phi) is 6.10. The second-order valence-corrected chi connectivity index (χ2v) is 7.92. The van der Waals surface area contributed by atoms with Crippen molar-refractivity contribution in [2.45, 2.75) is 44.2 Å². The van der Waals surface area contributed by atoms with Gasteiger partial charge in [-0.25, -0.2) is 4.99 Å². The second-order valence-electron chi connectivity index (χ2n) is 7.51. The largest absolute Gasteiger partial charge is 0.396 e. The lowest BCUT2D eigenvalue weighted by Crippen LogP contribution is -2.48. The molecule has 1 fully saturated rings. The molecule has 152 valence electrons. The van der Waals surface area contributed by atoms with E-state index in [2.05, 4.69) is 16.4 Å². The SMILES string of the molecule is NC=N/C=C\C1CCC(CCC2(CCO)NC(=O)c3c(Cl)cc(N)c(=O)n32)C1. The van der Waals surface area contributed by atoms with Crippen LogP contribution in [0.2, 0.25) is 5.02 Å². The molecule has 2 heterocycles. The van der Waals surface area contributed by atoms with Crippen LogP contribution in [0.5, 0.6) is 0 Å². The lowest BCUT2D eigenvalue weighted by molar-refractivity contribution is 0.0864. The van der Waals surface area contributed by atoms with Crippen LogP contribution in [0, 0.1) is 11.8 Å². The quantitative estimate of drug-likeness (QED) is 0.401. The Morgan fingerprint density at radius 1 is 1.39 bits per heavy atom. The Labute approximate surface area is 168 Å². The van der Waals surface area contributed by atoms with Gasteiger partial charge in [0, 0.05) is 19.2 Å². The van der Waals surface area contributed by atoms with Crippen molar-refractivity contribution in [1.29, 1.82) is 0 Å². The molecule has 0 radical (unpaired) electrons. The topological polar surface area (TPSA) is 136 Å². The zero-order chi connectivity index (χ0) is 20.3. The number of hydrogen-bond donors (Lipinski definition) is 4. The third-order valence-corrected chi connectivity index (χ3v) is 6.06. The van der Waals surface area contributed by atoms with Gasteiger partial charge in [0.2, 0.25) is 0 Å². The molecule has 1 aromatic rings. The average Bonchev–Trinajstić information content (AvgIpc) is 3.21. The third-order valence-electron chi connectivity index (χ3n) is 5.78. The minimum atomic E-state index is -1.00. The summed E-state index contributed by atoms with van der Waals surface area (Å²) in [5.41, 5.74) is 9.68. The highest BCUT2D eigenvalue weighted by Crippen LogP contribution is 2.39. The molecule has 0 spiro atoms. The molecular weight excluding hydrogens is 382 g/mol. The number of carbonyl (C=O) groups is 1. The van der Waals surface area contributed by atoms with Gasteiger partial charge in [-0.1, -0.05) is 17.7 Å². The van der Waals surface area contributed by atoms with Crippen LogP contribution in [-0.4, -0.2) is 28.5 Å². The molecule has 28 heavy (non-hydrogen) atoms. The number of carbonyl (C=O) groups excluding carboxylic acids is 1. The molecule has 0 bridgehead atoms. The monoisotopic (exact) mass is 407 g/mol. The fraction of sp³-hybridized carbons (Fsp3) is 0.526. The number of nitrogens with one attached hydrogen (secondary N) is 1. The van der Waals surface area contributed by atoms with Crippen molar-refractivity contribution in [3.63, 3.8) is 0 Å². The summed E-state index contributed by atoms with van der Waals surface area (Å²) in [6, 6.07) is 1.31. The summed E-state index contributed by atoms with van der Waals surface area (Å²) in [5, 5.41) is 12.7. The molecule has 1 saturated carbocycles. The van der Waals surface area contributed by atoms with Crippen LogP contribution in [0.15, 0.2) is 28.1 Å². The van der Waals surface area contributed by atoms with Gasteiger partial charge < -0.3 is 21.9 Å². The van der Waals surface area contributed by atoms with E-state index < -0.39 is 17.1 Å². The van der Waals surface area contributed by atoms with E-state index in [9.17, 15) is 14.7 Å². The number of fused-ring (bicyclic) bond motifs is 1. The molecule has 3 atom stereocenters. The molecule has 0 aromatic carbocycles. The van der Waals surface area contributed by atoms with Crippen molar-refractivity contribution < 1.29 is 9.90 Å². The van der Waals surface area contributed by atoms with Crippen LogP contribution >= 0.6 is 11.6 Å². The number of aliphatic hydroxyl groups is 1. The van der Waals surface area contributed by atoms with E-state index in [-0.39, 0.29) is 29.4 Å². The zero-order valence-electron chi connectivity index (χ0n) is 15.6. The molecule has 3 unspecified atom stereocenters. The van der Waals surface area contributed by atoms with Crippen LogP contribution in [0.3, 0.4) is 0 Å². The van der Waals surface area contributed by atoms with E-state index in [0.717, 1.165) is 25.7 Å². The molecule has 1 aliphatic heterocycles. The number of nitrogens with zero attached hydrogens (tertiary/aromatic N) is 2. The number of hydrogen-bond acceptors (Lipinski definition) is 5. The molecule has 3 rings (SSSR count). The molecular formula is C19H26ClN5O3. The minimum absolute atomic E-state index is 0.0147. The van der Waals surface area contributed by atoms with E-state index in [4.69, 9.17) is 23.1 Å². The maximum absolute atomic E-state index is 12.7. The van der Waals surface area contributed by atoms with Crippen LogP contribution in [0.25, 0.3) is 0 Å². The number of rotatable bonds is 7. The van der Waals surface area contributed by atoms with E-state index in [0.29, 0.717) is 18.3 Å². The van der Waals surface area contributed by atoms with Crippen molar-refractivity contribution in [2.75, 3.05) is 12.3 Å². The van der Waals surface area contributed by atoms with Gasteiger partial charge in [-0.3, -0.25) is 14.2 Å². The number of allylic oxidation sites excluding steroid dienone is 1. The second kappa shape index (κ2) is 8.36. The fourth-order valence-corrected chi connectivity index (χ4v) is 4.71. The molecule has 1 amide bonds. The Balaban J connectivity index is 1.81.